The highest BCUT2D eigenvalue weighted by Gasteiger charge is 2.20. The van der Waals surface area contributed by atoms with Crippen LogP contribution in [0.4, 0.5) is 5.13 Å². The predicted octanol–water partition coefficient (Wildman–Crippen LogP) is 6.43. The molecule has 2 aromatic rings. The Bertz CT molecular complexity index is 858. The molecule has 7 heteroatoms. The van der Waals surface area contributed by atoms with Gasteiger partial charge in [0.05, 0.1) is 18.1 Å². The van der Waals surface area contributed by atoms with E-state index in [0.29, 0.717) is 28.6 Å². The van der Waals surface area contributed by atoms with Crippen molar-refractivity contribution in [2.45, 2.75) is 44.9 Å². The van der Waals surface area contributed by atoms with Gasteiger partial charge >= 0.3 is 0 Å². The molecule has 0 atom stereocenters. The standard InChI is InChI=1S/C23H28N2O2S3/c1-3-14-25(21(26)16-30-23(28)27-4-2)22-24-20(15-29-22)19-12-10-18(11-13-19)17-8-6-5-7-9-17/h3,10-13,15,17H,1,4-9,14,16H2,2H3. The lowest BCUT2D eigenvalue weighted by Gasteiger charge is -2.22. The second-order valence-electron chi connectivity index (χ2n) is 7.24. The van der Waals surface area contributed by atoms with Gasteiger partial charge in [0.25, 0.3) is 0 Å². The highest BCUT2D eigenvalue weighted by molar-refractivity contribution is 8.23. The average Bonchev–Trinajstić information content (AvgIpc) is 3.26. The van der Waals surface area contributed by atoms with E-state index in [1.807, 2.05) is 12.3 Å². The Labute approximate surface area is 192 Å². The van der Waals surface area contributed by atoms with Crippen LogP contribution in [0.2, 0.25) is 0 Å². The second-order valence-corrected chi connectivity index (χ2v) is 9.65. The number of benzene rings is 1. The van der Waals surface area contributed by atoms with Crippen molar-refractivity contribution in [3.8, 4) is 11.3 Å². The molecule has 1 aliphatic rings. The van der Waals surface area contributed by atoms with Crippen LogP contribution in [0.3, 0.4) is 0 Å². The van der Waals surface area contributed by atoms with Gasteiger partial charge in [0.15, 0.2) is 5.13 Å². The summed E-state index contributed by atoms with van der Waals surface area (Å²) in [5, 5.41) is 2.68. The lowest BCUT2D eigenvalue weighted by atomic mass is 9.84. The molecule has 0 radical (unpaired) electrons. The zero-order valence-electron chi connectivity index (χ0n) is 17.3. The smallest absolute Gasteiger partial charge is 0.239 e. The minimum atomic E-state index is -0.0597. The Kier molecular flexibility index (Phi) is 8.90. The van der Waals surface area contributed by atoms with Gasteiger partial charge in [-0.1, -0.05) is 61.4 Å². The summed E-state index contributed by atoms with van der Waals surface area (Å²) in [7, 11) is 0. The Morgan fingerprint density at radius 2 is 2.07 bits per heavy atom. The minimum Gasteiger partial charge on any atom is -0.479 e. The molecule has 0 bridgehead atoms. The summed E-state index contributed by atoms with van der Waals surface area (Å²) in [5.74, 6) is 0.854. The SMILES string of the molecule is C=CCN(C(=O)CSC(=S)OCC)c1nc(-c2ccc(C3CCCCC3)cc2)cs1. The maximum Gasteiger partial charge on any atom is 0.239 e. The van der Waals surface area contributed by atoms with Crippen molar-refractivity contribution in [2.75, 3.05) is 23.8 Å². The number of amides is 1. The van der Waals surface area contributed by atoms with Crippen LogP contribution >= 0.6 is 35.3 Å². The van der Waals surface area contributed by atoms with Gasteiger partial charge in [0.2, 0.25) is 10.3 Å². The molecule has 3 rings (SSSR count). The maximum absolute atomic E-state index is 12.7. The number of carbonyl (C=O) groups is 1. The second kappa shape index (κ2) is 11.6. The molecule has 30 heavy (non-hydrogen) atoms. The van der Waals surface area contributed by atoms with Crippen LogP contribution in [-0.4, -0.2) is 34.2 Å². The van der Waals surface area contributed by atoms with Crippen LogP contribution < -0.4 is 4.90 Å². The quantitative estimate of drug-likeness (QED) is 0.335. The summed E-state index contributed by atoms with van der Waals surface area (Å²) >= 11 is 7.81. The van der Waals surface area contributed by atoms with Gasteiger partial charge < -0.3 is 4.74 Å². The molecule has 1 aromatic carbocycles. The van der Waals surface area contributed by atoms with Gasteiger partial charge in [0, 0.05) is 17.5 Å². The third-order valence-corrected chi connectivity index (χ3v) is 7.27. The largest absolute Gasteiger partial charge is 0.479 e. The summed E-state index contributed by atoms with van der Waals surface area (Å²) < 4.78 is 5.63. The zero-order valence-corrected chi connectivity index (χ0v) is 19.8. The van der Waals surface area contributed by atoms with Gasteiger partial charge in [-0.25, -0.2) is 4.98 Å². The van der Waals surface area contributed by atoms with Crippen molar-refractivity contribution < 1.29 is 9.53 Å². The van der Waals surface area contributed by atoms with E-state index < -0.39 is 0 Å². The fourth-order valence-corrected chi connectivity index (χ4v) is 5.41. The first-order chi connectivity index (χ1) is 14.6. The van der Waals surface area contributed by atoms with Crippen LogP contribution in [0.15, 0.2) is 42.3 Å². The molecule has 0 saturated heterocycles. The molecule has 1 aliphatic carbocycles. The normalized spacial score (nSPS) is 14.3. The van der Waals surface area contributed by atoms with Gasteiger partial charge in [-0.05, 0) is 43.5 Å². The van der Waals surface area contributed by atoms with Crippen LogP contribution in [-0.2, 0) is 9.53 Å². The molecule has 1 amide bonds. The number of anilines is 1. The number of carbonyl (C=O) groups excluding carboxylic acids is 1. The van der Waals surface area contributed by atoms with Gasteiger partial charge in [-0.15, -0.1) is 17.9 Å². The van der Waals surface area contributed by atoms with Crippen molar-refractivity contribution in [3.63, 3.8) is 0 Å². The summed E-state index contributed by atoms with van der Waals surface area (Å²) in [5.41, 5.74) is 3.40. The predicted molar refractivity (Wildman–Crippen MR) is 133 cm³/mol. The Hall–Kier alpha value is -1.70. The lowest BCUT2D eigenvalue weighted by Crippen LogP contribution is -2.32. The summed E-state index contributed by atoms with van der Waals surface area (Å²) in [4.78, 5) is 19.1. The molecular formula is C23H28N2O2S3. The molecule has 4 nitrogen and oxygen atoms in total. The molecular weight excluding hydrogens is 432 g/mol. The average molecular weight is 461 g/mol. The molecule has 1 saturated carbocycles. The van der Waals surface area contributed by atoms with Crippen molar-refractivity contribution >= 4 is 50.7 Å². The number of thioether (sulfide) groups is 1. The monoisotopic (exact) mass is 460 g/mol. The number of hydrogen-bond donors (Lipinski definition) is 0. The topological polar surface area (TPSA) is 42.4 Å². The molecule has 1 fully saturated rings. The first-order valence-electron chi connectivity index (χ1n) is 10.4. The van der Waals surface area contributed by atoms with Crippen LogP contribution in [0.5, 0.6) is 0 Å². The number of rotatable bonds is 8. The van der Waals surface area contributed by atoms with E-state index in [-0.39, 0.29) is 11.7 Å². The van der Waals surface area contributed by atoms with E-state index in [4.69, 9.17) is 21.9 Å². The molecule has 0 N–H and O–H groups in total. The van der Waals surface area contributed by atoms with Gasteiger partial charge in [-0.3, -0.25) is 9.69 Å². The van der Waals surface area contributed by atoms with Crippen LogP contribution in [0, 0.1) is 0 Å². The molecule has 0 unspecified atom stereocenters. The summed E-state index contributed by atoms with van der Waals surface area (Å²) in [6.07, 6.45) is 8.34. The van der Waals surface area contributed by atoms with Crippen molar-refractivity contribution in [1.29, 1.82) is 0 Å². The van der Waals surface area contributed by atoms with Crippen LogP contribution in [0.1, 0.15) is 50.5 Å². The lowest BCUT2D eigenvalue weighted by molar-refractivity contribution is -0.116. The molecule has 0 spiro atoms. The first-order valence-corrected chi connectivity index (χ1v) is 12.7. The third kappa shape index (κ3) is 6.15. The Morgan fingerprint density at radius 1 is 1.33 bits per heavy atom. The van der Waals surface area contributed by atoms with Crippen molar-refractivity contribution in [1.82, 2.24) is 4.98 Å². The van der Waals surface area contributed by atoms with Crippen molar-refractivity contribution in [2.24, 2.45) is 0 Å². The van der Waals surface area contributed by atoms with Crippen LogP contribution in [0.25, 0.3) is 11.3 Å². The third-order valence-electron chi connectivity index (χ3n) is 5.19. The molecule has 1 aromatic heterocycles. The number of aromatic nitrogens is 1. The first kappa shape index (κ1) is 23.0. The summed E-state index contributed by atoms with van der Waals surface area (Å²) in [6.45, 7) is 6.57. The van der Waals surface area contributed by atoms with Gasteiger partial charge in [-0.2, -0.15) is 0 Å². The van der Waals surface area contributed by atoms with E-state index in [9.17, 15) is 4.79 Å². The Morgan fingerprint density at radius 3 is 2.73 bits per heavy atom. The van der Waals surface area contributed by atoms with Crippen molar-refractivity contribution in [3.05, 3.63) is 47.9 Å². The number of thiocarbonyl (C=S) groups is 1. The van der Waals surface area contributed by atoms with E-state index >= 15 is 0 Å². The number of hydrogen-bond acceptors (Lipinski definition) is 6. The summed E-state index contributed by atoms with van der Waals surface area (Å²) in [6, 6.07) is 8.78. The number of ether oxygens (including phenoxy) is 1. The van der Waals surface area contributed by atoms with E-state index in [1.54, 1.807) is 11.0 Å². The number of thiazole rings is 1. The minimum absolute atomic E-state index is 0.0597. The maximum atomic E-state index is 12.7. The highest BCUT2D eigenvalue weighted by atomic mass is 32.2. The fourth-order valence-electron chi connectivity index (χ4n) is 3.66. The van der Waals surface area contributed by atoms with E-state index in [1.165, 1.54) is 60.8 Å². The van der Waals surface area contributed by atoms with E-state index in [0.717, 1.165) is 11.3 Å². The van der Waals surface area contributed by atoms with Gasteiger partial charge in [0.1, 0.15) is 0 Å². The fraction of sp³-hybridized carbons (Fsp3) is 0.435. The molecule has 1 heterocycles. The van der Waals surface area contributed by atoms with E-state index in [2.05, 4.69) is 30.8 Å². The molecule has 160 valence electrons. The number of nitrogens with zero attached hydrogens (tertiary/aromatic N) is 2. The molecule has 0 aliphatic heterocycles. The Balaban J connectivity index is 1.68. The highest BCUT2D eigenvalue weighted by Crippen LogP contribution is 2.34. The zero-order chi connectivity index (χ0) is 21.3.